The van der Waals surface area contributed by atoms with Gasteiger partial charge in [0, 0.05) is 11.3 Å². The number of anilines is 1. The van der Waals surface area contributed by atoms with Gasteiger partial charge in [-0.15, -0.1) is 0 Å². The first-order valence-electron chi connectivity index (χ1n) is 4.39. The summed E-state index contributed by atoms with van der Waals surface area (Å²) in [5.41, 5.74) is 5.04. The molecule has 1 aromatic rings. The molecule has 2 N–H and O–H groups in total. The molecule has 0 radical (unpaired) electrons. The summed E-state index contributed by atoms with van der Waals surface area (Å²) >= 11 is 0. The Bertz CT molecular complexity index is 385. The number of hydrogen-bond acceptors (Lipinski definition) is 1. The predicted octanol–water partition coefficient (Wildman–Crippen LogP) is 3.54. The molecule has 0 saturated carbocycles. The lowest BCUT2D eigenvalue weighted by Crippen LogP contribution is -2.33. The zero-order valence-corrected chi connectivity index (χ0v) is 8.62. The van der Waals surface area contributed by atoms with Crippen LogP contribution >= 0.6 is 0 Å². The van der Waals surface area contributed by atoms with Crippen molar-refractivity contribution in [1.82, 2.24) is 0 Å². The van der Waals surface area contributed by atoms with E-state index in [9.17, 15) is 22.0 Å². The van der Waals surface area contributed by atoms with Gasteiger partial charge >= 0.3 is 12.1 Å². The minimum atomic E-state index is -5.60. The third-order valence-electron chi connectivity index (χ3n) is 2.31. The number of benzene rings is 1. The maximum atomic E-state index is 13.0. The van der Waals surface area contributed by atoms with E-state index in [1.165, 1.54) is 13.8 Å². The normalized spacial score (nSPS) is 12.9. The molecule has 6 heteroatoms. The van der Waals surface area contributed by atoms with E-state index >= 15 is 0 Å². The van der Waals surface area contributed by atoms with Crippen LogP contribution in [0.25, 0.3) is 0 Å². The molecule has 90 valence electrons. The zero-order valence-electron chi connectivity index (χ0n) is 8.62. The highest BCUT2D eigenvalue weighted by molar-refractivity contribution is 5.55. The number of nitrogen functional groups attached to an aromatic ring is 1. The maximum absolute atomic E-state index is 13.0. The molecule has 0 unspecified atom stereocenters. The van der Waals surface area contributed by atoms with E-state index in [2.05, 4.69) is 0 Å². The van der Waals surface area contributed by atoms with Crippen LogP contribution in [-0.4, -0.2) is 6.18 Å². The number of hydrogen-bond donors (Lipinski definition) is 1. The quantitative estimate of drug-likeness (QED) is 0.588. The smallest absolute Gasteiger partial charge is 0.398 e. The van der Waals surface area contributed by atoms with Crippen LogP contribution in [0.4, 0.5) is 27.6 Å². The topological polar surface area (TPSA) is 26.0 Å². The second kappa shape index (κ2) is 3.61. The van der Waals surface area contributed by atoms with Crippen molar-refractivity contribution in [1.29, 1.82) is 0 Å². The van der Waals surface area contributed by atoms with E-state index in [0.29, 0.717) is 0 Å². The number of aryl methyl sites for hydroxylation is 2. The third kappa shape index (κ3) is 1.96. The van der Waals surface area contributed by atoms with Gasteiger partial charge in [0.25, 0.3) is 0 Å². The molecule has 0 saturated heterocycles. The summed E-state index contributed by atoms with van der Waals surface area (Å²) in [4.78, 5) is 0. The highest BCUT2D eigenvalue weighted by Gasteiger charge is 2.58. The molecule has 0 atom stereocenters. The number of nitrogens with two attached hydrogens (primary N) is 1. The molecule has 0 aromatic heterocycles. The predicted molar refractivity (Wildman–Crippen MR) is 50.3 cm³/mol. The molecule has 1 rings (SSSR count). The van der Waals surface area contributed by atoms with Gasteiger partial charge in [-0.25, -0.2) is 0 Å². The summed E-state index contributed by atoms with van der Waals surface area (Å²) in [5, 5.41) is 0. The molecule has 1 nitrogen and oxygen atoms in total. The van der Waals surface area contributed by atoms with Gasteiger partial charge in [-0.1, -0.05) is 0 Å². The van der Waals surface area contributed by atoms with Gasteiger partial charge in [-0.05, 0) is 37.1 Å². The Morgan fingerprint density at radius 2 is 1.31 bits per heavy atom. The van der Waals surface area contributed by atoms with Gasteiger partial charge in [0.05, 0.1) is 0 Å². The van der Waals surface area contributed by atoms with Crippen LogP contribution in [0.1, 0.15) is 16.7 Å². The van der Waals surface area contributed by atoms with Crippen LogP contribution in [0.2, 0.25) is 0 Å². The van der Waals surface area contributed by atoms with Crippen LogP contribution in [0.15, 0.2) is 12.1 Å². The van der Waals surface area contributed by atoms with Crippen molar-refractivity contribution in [3.05, 3.63) is 28.8 Å². The lowest BCUT2D eigenvalue weighted by Gasteiger charge is -2.21. The maximum Gasteiger partial charge on any atom is 0.458 e. The van der Waals surface area contributed by atoms with Gasteiger partial charge in [0.15, 0.2) is 0 Å². The summed E-state index contributed by atoms with van der Waals surface area (Å²) in [7, 11) is 0. The van der Waals surface area contributed by atoms with Crippen molar-refractivity contribution < 1.29 is 22.0 Å². The molecular formula is C10H10F5N. The van der Waals surface area contributed by atoms with Gasteiger partial charge in [-0.3, -0.25) is 0 Å². The Balaban J connectivity index is 3.35. The number of alkyl halides is 5. The van der Waals surface area contributed by atoms with E-state index in [1.54, 1.807) is 0 Å². The average Bonchev–Trinajstić information content (AvgIpc) is 2.11. The van der Waals surface area contributed by atoms with Gasteiger partial charge in [0.2, 0.25) is 0 Å². The molecule has 0 fully saturated rings. The molecule has 0 aliphatic heterocycles. The highest BCUT2D eigenvalue weighted by atomic mass is 19.4. The van der Waals surface area contributed by atoms with Crippen molar-refractivity contribution in [2.45, 2.75) is 25.9 Å². The Morgan fingerprint density at radius 1 is 0.938 bits per heavy atom. The minimum Gasteiger partial charge on any atom is -0.398 e. The first kappa shape index (κ1) is 12.7. The van der Waals surface area contributed by atoms with E-state index in [0.717, 1.165) is 12.1 Å². The fourth-order valence-corrected chi connectivity index (χ4v) is 1.32. The van der Waals surface area contributed by atoms with Gasteiger partial charge in [-0.2, -0.15) is 22.0 Å². The van der Waals surface area contributed by atoms with Crippen molar-refractivity contribution in [2.75, 3.05) is 5.73 Å². The molecule has 0 aliphatic rings. The van der Waals surface area contributed by atoms with Crippen LogP contribution in [0.3, 0.4) is 0 Å². The van der Waals surface area contributed by atoms with E-state index in [-0.39, 0.29) is 16.8 Å². The lowest BCUT2D eigenvalue weighted by molar-refractivity contribution is -0.289. The number of rotatable bonds is 1. The molecule has 1 aromatic carbocycles. The first-order valence-corrected chi connectivity index (χ1v) is 4.39. The zero-order chi connectivity index (χ0) is 12.7. The Hall–Kier alpha value is -1.33. The SMILES string of the molecule is Cc1cc(C(F)(F)C(F)(F)F)cc(C)c1N. The van der Waals surface area contributed by atoms with Crippen molar-refractivity contribution in [3.8, 4) is 0 Å². The second-order valence-corrected chi connectivity index (χ2v) is 3.60. The fraction of sp³-hybridized carbons (Fsp3) is 0.400. The van der Waals surface area contributed by atoms with Crippen LogP contribution in [-0.2, 0) is 5.92 Å². The fourth-order valence-electron chi connectivity index (χ4n) is 1.32. The van der Waals surface area contributed by atoms with E-state index in [4.69, 9.17) is 5.73 Å². The minimum absolute atomic E-state index is 0.207. The summed E-state index contributed by atoms with van der Waals surface area (Å²) in [6.07, 6.45) is -5.60. The second-order valence-electron chi connectivity index (χ2n) is 3.60. The molecule has 0 spiro atoms. The number of halogens is 5. The van der Waals surface area contributed by atoms with Crippen molar-refractivity contribution in [2.24, 2.45) is 0 Å². The summed E-state index contributed by atoms with van der Waals surface area (Å²) in [5.74, 6) is -4.85. The molecule has 0 amide bonds. The van der Waals surface area contributed by atoms with Crippen LogP contribution in [0, 0.1) is 13.8 Å². The largest absolute Gasteiger partial charge is 0.458 e. The molecule has 0 aliphatic carbocycles. The van der Waals surface area contributed by atoms with Crippen LogP contribution < -0.4 is 5.73 Å². The summed E-state index contributed by atoms with van der Waals surface area (Å²) in [6.45, 7) is 2.77. The molecule has 0 heterocycles. The van der Waals surface area contributed by atoms with Gasteiger partial charge < -0.3 is 5.73 Å². The Morgan fingerprint density at radius 3 is 1.62 bits per heavy atom. The molecular weight excluding hydrogens is 229 g/mol. The molecule has 0 bridgehead atoms. The summed E-state index contributed by atoms with van der Waals surface area (Å²) < 4.78 is 62.3. The first-order chi connectivity index (χ1) is 7.07. The molecule has 16 heavy (non-hydrogen) atoms. The van der Waals surface area contributed by atoms with E-state index in [1.807, 2.05) is 0 Å². The van der Waals surface area contributed by atoms with Gasteiger partial charge in [0.1, 0.15) is 0 Å². The Labute approximate surface area is 89.1 Å². The Kier molecular flexibility index (Phi) is 2.87. The summed E-state index contributed by atoms with van der Waals surface area (Å²) in [6, 6.07) is 1.52. The average molecular weight is 239 g/mol. The highest BCUT2D eigenvalue weighted by Crippen LogP contribution is 2.44. The monoisotopic (exact) mass is 239 g/mol. The third-order valence-corrected chi connectivity index (χ3v) is 2.31. The van der Waals surface area contributed by atoms with Crippen molar-refractivity contribution in [3.63, 3.8) is 0 Å². The standard InChI is InChI=1S/C10H10F5N/c1-5-3-7(4-6(2)8(5)16)9(11,12)10(13,14)15/h3-4H,16H2,1-2H3. The van der Waals surface area contributed by atoms with Crippen LogP contribution in [0.5, 0.6) is 0 Å². The lowest BCUT2D eigenvalue weighted by atomic mass is 10.00. The van der Waals surface area contributed by atoms with Crippen molar-refractivity contribution >= 4 is 5.69 Å². The van der Waals surface area contributed by atoms with E-state index < -0.39 is 17.7 Å².